The molecule has 11 heavy (non-hydrogen) atoms. The van der Waals surface area contributed by atoms with Crippen molar-refractivity contribution in [3.63, 3.8) is 0 Å². The Bertz CT molecular complexity index is 175. The maximum Gasteiger partial charge on any atom is 0.211 e. The molecule has 0 atom stereocenters. The molecule has 4 heteroatoms. The average Bonchev–Trinajstić information content (AvgIpc) is 1.87. The Balaban J connectivity index is 3.56. The second-order valence-corrected chi connectivity index (χ2v) is 4.35. The standard InChI is InChI=1S/C7H16NO2S/c1-3-5-6-8-11(9,10)7-4-2/h8H,1,3-7H2,2H3. The molecule has 0 unspecified atom stereocenters. The van der Waals surface area contributed by atoms with E-state index in [1.165, 1.54) is 0 Å². The molecule has 0 aliphatic rings. The summed E-state index contributed by atoms with van der Waals surface area (Å²) in [6, 6.07) is 0. The average molecular weight is 178 g/mol. The third-order valence-electron chi connectivity index (χ3n) is 1.22. The van der Waals surface area contributed by atoms with Crippen LogP contribution in [0.25, 0.3) is 0 Å². The molecule has 0 aliphatic heterocycles. The zero-order valence-corrected chi connectivity index (χ0v) is 7.78. The Morgan fingerprint density at radius 3 is 2.55 bits per heavy atom. The SMILES string of the molecule is [CH2]CCCNS(=O)(=O)CCC. The largest absolute Gasteiger partial charge is 0.215 e. The van der Waals surface area contributed by atoms with Gasteiger partial charge in [0.2, 0.25) is 10.0 Å². The van der Waals surface area contributed by atoms with Crippen molar-refractivity contribution in [2.75, 3.05) is 12.3 Å². The molecular weight excluding hydrogens is 162 g/mol. The highest BCUT2D eigenvalue weighted by atomic mass is 32.2. The van der Waals surface area contributed by atoms with E-state index >= 15 is 0 Å². The van der Waals surface area contributed by atoms with Crippen LogP contribution in [0.1, 0.15) is 26.2 Å². The third-order valence-corrected chi connectivity index (χ3v) is 2.81. The van der Waals surface area contributed by atoms with Crippen LogP contribution in [-0.4, -0.2) is 20.7 Å². The summed E-state index contributed by atoms with van der Waals surface area (Å²) in [6.45, 7) is 5.98. The first-order chi connectivity index (χ1) is 5.12. The van der Waals surface area contributed by atoms with Crippen molar-refractivity contribution >= 4 is 10.0 Å². The molecule has 0 aromatic heterocycles. The Morgan fingerprint density at radius 2 is 2.09 bits per heavy atom. The fourth-order valence-corrected chi connectivity index (χ4v) is 1.83. The summed E-state index contributed by atoms with van der Waals surface area (Å²) in [7, 11) is -2.98. The highest BCUT2D eigenvalue weighted by Crippen LogP contribution is 1.89. The second kappa shape index (κ2) is 5.55. The van der Waals surface area contributed by atoms with E-state index in [0.29, 0.717) is 13.0 Å². The lowest BCUT2D eigenvalue weighted by atomic mass is 10.3. The summed E-state index contributed by atoms with van der Waals surface area (Å²) >= 11 is 0. The summed E-state index contributed by atoms with van der Waals surface area (Å²) in [5.74, 6) is 0.226. The minimum absolute atomic E-state index is 0.226. The fraction of sp³-hybridized carbons (Fsp3) is 0.857. The molecule has 0 spiro atoms. The number of nitrogens with one attached hydrogen (secondary N) is 1. The quantitative estimate of drug-likeness (QED) is 0.615. The summed E-state index contributed by atoms with van der Waals surface area (Å²) < 4.78 is 24.4. The predicted molar refractivity (Wildman–Crippen MR) is 46.7 cm³/mol. The Kier molecular flexibility index (Phi) is 5.50. The molecular formula is C7H16NO2S. The van der Waals surface area contributed by atoms with Crippen molar-refractivity contribution in [2.24, 2.45) is 0 Å². The van der Waals surface area contributed by atoms with Gasteiger partial charge in [-0.05, 0) is 12.8 Å². The van der Waals surface area contributed by atoms with Gasteiger partial charge in [0, 0.05) is 6.54 Å². The van der Waals surface area contributed by atoms with Crippen LogP contribution in [0.5, 0.6) is 0 Å². The van der Waals surface area contributed by atoms with Crippen molar-refractivity contribution in [1.82, 2.24) is 4.72 Å². The highest BCUT2D eigenvalue weighted by Gasteiger charge is 2.05. The number of sulfonamides is 1. The van der Waals surface area contributed by atoms with Crippen molar-refractivity contribution in [1.29, 1.82) is 0 Å². The highest BCUT2D eigenvalue weighted by molar-refractivity contribution is 7.89. The second-order valence-electron chi connectivity index (χ2n) is 2.42. The van der Waals surface area contributed by atoms with E-state index in [1.54, 1.807) is 0 Å². The molecule has 0 aromatic rings. The number of rotatable bonds is 6. The van der Waals surface area contributed by atoms with Gasteiger partial charge in [-0.2, -0.15) is 0 Å². The Morgan fingerprint density at radius 1 is 1.45 bits per heavy atom. The van der Waals surface area contributed by atoms with E-state index in [1.807, 2.05) is 6.92 Å². The van der Waals surface area contributed by atoms with E-state index in [0.717, 1.165) is 12.8 Å². The smallest absolute Gasteiger partial charge is 0.211 e. The van der Waals surface area contributed by atoms with Crippen molar-refractivity contribution in [3.05, 3.63) is 6.92 Å². The van der Waals surface area contributed by atoms with Gasteiger partial charge in [0.1, 0.15) is 0 Å². The molecule has 0 aromatic carbocycles. The van der Waals surface area contributed by atoms with Gasteiger partial charge >= 0.3 is 0 Å². The van der Waals surface area contributed by atoms with Gasteiger partial charge in [-0.15, -0.1) is 0 Å². The molecule has 0 saturated carbocycles. The molecule has 0 saturated heterocycles. The number of hydrogen-bond donors (Lipinski definition) is 1. The molecule has 0 bridgehead atoms. The van der Waals surface area contributed by atoms with Crippen LogP contribution in [-0.2, 0) is 10.0 Å². The number of hydrogen-bond acceptors (Lipinski definition) is 2. The van der Waals surface area contributed by atoms with Crippen LogP contribution in [0.4, 0.5) is 0 Å². The molecule has 0 heterocycles. The zero-order chi connectivity index (χ0) is 8.74. The monoisotopic (exact) mass is 178 g/mol. The summed E-state index contributed by atoms with van der Waals surface area (Å²) in [5, 5.41) is 0. The van der Waals surface area contributed by atoms with E-state index < -0.39 is 10.0 Å². The van der Waals surface area contributed by atoms with E-state index in [9.17, 15) is 8.42 Å². The van der Waals surface area contributed by atoms with Gasteiger partial charge in [-0.3, -0.25) is 0 Å². The van der Waals surface area contributed by atoms with Crippen molar-refractivity contribution < 1.29 is 8.42 Å². The molecule has 1 radical (unpaired) electrons. The summed E-state index contributed by atoms with van der Waals surface area (Å²) in [4.78, 5) is 0. The molecule has 67 valence electrons. The molecule has 1 N–H and O–H groups in total. The van der Waals surface area contributed by atoms with Gasteiger partial charge in [0.25, 0.3) is 0 Å². The topological polar surface area (TPSA) is 46.2 Å². The third kappa shape index (κ3) is 6.31. The van der Waals surface area contributed by atoms with Crippen LogP contribution in [0, 0.1) is 6.92 Å². The minimum Gasteiger partial charge on any atom is -0.215 e. The molecule has 0 aliphatic carbocycles. The lowest BCUT2D eigenvalue weighted by Crippen LogP contribution is -2.26. The van der Waals surface area contributed by atoms with Crippen LogP contribution in [0.3, 0.4) is 0 Å². The van der Waals surface area contributed by atoms with E-state index in [-0.39, 0.29) is 5.75 Å². The maximum absolute atomic E-state index is 11.0. The summed E-state index contributed by atoms with van der Waals surface area (Å²) in [6.07, 6.45) is 2.25. The Labute approximate surface area is 69.2 Å². The maximum atomic E-state index is 11.0. The minimum atomic E-state index is -2.98. The first kappa shape index (κ1) is 10.9. The van der Waals surface area contributed by atoms with E-state index in [2.05, 4.69) is 11.6 Å². The molecule has 0 fully saturated rings. The first-order valence-electron chi connectivity index (χ1n) is 3.89. The molecule has 0 rings (SSSR count). The van der Waals surface area contributed by atoms with Gasteiger partial charge in [-0.1, -0.05) is 20.3 Å². The van der Waals surface area contributed by atoms with Crippen LogP contribution >= 0.6 is 0 Å². The van der Waals surface area contributed by atoms with E-state index in [4.69, 9.17) is 0 Å². The first-order valence-corrected chi connectivity index (χ1v) is 5.54. The lowest BCUT2D eigenvalue weighted by Gasteiger charge is -2.02. The lowest BCUT2D eigenvalue weighted by molar-refractivity contribution is 0.578. The molecule has 0 amide bonds. The van der Waals surface area contributed by atoms with Crippen LogP contribution in [0.15, 0.2) is 0 Å². The van der Waals surface area contributed by atoms with Crippen molar-refractivity contribution in [3.8, 4) is 0 Å². The van der Waals surface area contributed by atoms with Gasteiger partial charge < -0.3 is 0 Å². The fourth-order valence-electron chi connectivity index (χ4n) is 0.694. The summed E-state index contributed by atoms with van der Waals surface area (Å²) in [5.41, 5.74) is 0. The van der Waals surface area contributed by atoms with Gasteiger partial charge in [0.05, 0.1) is 5.75 Å². The van der Waals surface area contributed by atoms with Crippen molar-refractivity contribution in [2.45, 2.75) is 26.2 Å². The normalized spacial score (nSPS) is 11.8. The predicted octanol–water partition coefficient (Wildman–Crippen LogP) is 0.930. The number of unbranched alkanes of at least 4 members (excludes halogenated alkanes) is 1. The zero-order valence-electron chi connectivity index (χ0n) is 6.97. The van der Waals surface area contributed by atoms with Crippen LogP contribution in [0.2, 0.25) is 0 Å². The van der Waals surface area contributed by atoms with Crippen LogP contribution < -0.4 is 4.72 Å². The Hall–Kier alpha value is -0.0900. The molecule has 3 nitrogen and oxygen atoms in total. The van der Waals surface area contributed by atoms with Gasteiger partial charge in [0.15, 0.2) is 0 Å². The van der Waals surface area contributed by atoms with Gasteiger partial charge in [-0.25, -0.2) is 13.1 Å².